The number of carbonyl (C=O) groups is 1. The summed E-state index contributed by atoms with van der Waals surface area (Å²) in [5, 5.41) is 2.82. The van der Waals surface area contributed by atoms with Gasteiger partial charge in [-0.05, 0) is 18.8 Å². The SMILES string of the molecule is O=C(CS)NCC1CCC1. The van der Waals surface area contributed by atoms with Gasteiger partial charge in [0.2, 0.25) is 5.91 Å². The number of hydrogen-bond acceptors (Lipinski definition) is 2. The Labute approximate surface area is 66.8 Å². The van der Waals surface area contributed by atoms with Gasteiger partial charge in [0, 0.05) is 6.54 Å². The summed E-state index contributed by atoms with van der Waals surface area (Å²) in [6, 6.07) is 0. The summed E-state index contributed by atoms with van der Waals surface area (Å²) < 4.78 is 0. The van der Waals surface area contributed by atoms with E-state index in [-0.39, 0.29) is 5.91 Å². The van der Waals surface area contributed by atoms with E-state index in [2.05, 4.69) is 17.9 Å². The van der Waals surface area contributed by atoms with Gasteiger partial charge in [-0.3, -0.25) is 4.79 Å². The van der Waals surface area contributed by atoms with Crippen molar-refractivity contribution in [3.05, 3.63) is 0 Å². The molecule has 0 aromatic heterocycles. The van der Waals surface area contributed by atoms with E-state index in [1.165, 1.54) is 19.3 Å². The van der Waals surface area contributed by atoms with Gasteiger partial charge < -0.3 is 5.32 Å². The molecule has 0 radical (unpaired) electrons. The molecule has 0 saturated heterocycles. The van der Waals surface area contributed by atoms with Crippen LogP contribution in [-0.4, -0.2) is 18.2 Å². The minimum Gasteiger partial charge on any atom is -0.355 e. The maximum absolute atomic E-state index is 10.7. The fraction of sp³-hybridized carbons (Fsp3) is 0.857. The van der Waals surface area contributed by atoms with Crippen LogP contribution in [0.25, 0.3) is 0 Å². The number of nitrogens with one attached hydrogen (secondary N) is 1. The van der Waals surface area contributed by atoms with Crippen LogP contribution in [-0.2, 0) is 4.79 Å². The van der Waals surface area contributed by atoms with Crippen molar-refractivity contribution in [2.24, 2.45) is 5.92 Å². The molecule has 0 atom stereocenters. The molecule has 0 bridgehead atoms. The van der Waals surface area contributed by atoms with Crippen LogP contribution in [0.4, 0.5) is 0 Å². The molecule has 10 heavy (non-hydrogen) atoms. The minimum absolute atomic E-state index is 0.0511. The molecule has 1 N–H and O–H groups in total. The molecule has 0 unspecified atom stereocenters. The Morgan fingerprint density at radius 2 is 2.30 bits per heavy atom. The second kappa shape index (κ2) is 3.86. The van der Waals surface area contributed by atoms with Crippen molar-refractivity contribution in [2.75, 3.05) is 12.3 Å². The Morgan fingerprint density at radius 1 is 1.60 bits per heavy atom. The van der Waals surface area contributed by atoms with E-state index >= 15 is 0 Å². The second-order valence-electron chi connectivity index (χ2n) is 2.76. The lowest BCUT2D eigenvalue weighted by molar-refractivity contribution is -0.118. The molecule has 1 aliphatic carbocycles. The largest absolute Gasteiger partial charge is 0.355 e. The van der Waals surface area contributed by atoms with E-state index in [1.54, 1.807) is 0 Å². The topological polar surface area (TPSA) is 29.1 Å². The minimum atomic E-state index is 0.0511. The maximum Gasteiger partial charge on any atom is 0.229 e. The van der Waals surface area contributed by atoms with Crippen LogP contribution in [0.15, 0.2) is 0 Å². The maximum atomic E-state index is 10.7. The highest BCUT2D eigenvalue weighted by Crippen LogP contribution is 2.24. The molecule has 0 spiro atoms. The molecule has 0 heterocycles. The highest BCUT2D eigenvalue weighted by atomic mass is 32.1. The third-order valence-corrected chi connectivity index (χ3v) is 2.24. The van der Waals surface area contributed by atoms with Gasteiger partial charge >= 0.3 is 0 Å². The second-order valence-corrected chi connectivity index (χ2v) is 3.08. The molecule has 0 aliphatic heterocycles. The van der Waals surface area contributed by atoms with Crippen molar-refractivity contribution in [3.63, 3.8) is 0 Å². The molecular weight excluding hydrogens is 146 g/mol. The first-order valence-corrected chi connectivity index (χ1v) is 4.33. The Hall–Kier alpha value is -0.180. The van der Waals surface area contributed by atoms with Gasteiger partial charge in [-0.25, -0.2) is 0 Å². The van der Waals surface area contributed by atoms with E-state index in [9.17, 15) is 4.79 Å². The number of amides is 1. The first-order valence-electron chi connectivity index (χ1n) is 3.70. The van der Waals surface area contributed by atoms with Crippen LogP contribution in [0.3, 0.4) is 0 Å². The van der Waals surface area contributed by atoms with E-state index in [0.717, 1.165) is 12.5 Å². The van der Waals surface area contributed by atoms with E-state index in [4.69, 9.17) is 0 Å². The molecule has 0 aromatic rings. The highest BCUT2D eigenvalue weighted by Gasteiger charge is 2.17. The molecular formula is C7H13NOS. The quantitative estimate of drug-likeness (QED) is 0.587. The molecule has 3 heteroatoms. The Balaban J connectivity index is 1.98. The molecule has 1 rings (SSSR count). The van der Waals surface area contributed by atoms with Gasteiger partial charge in [0.25, 0.3) is 0 Å². The zero-order valence-corrected chi connectivity index (χ0v) is 6.86. The van der Waals surface area contributed by atoms with E-state index in [0.29, 0.717) is 5.75 Å². The van der Waals surface area contributed by atoms with Crippen LogP contribution in [0.5, 0.6) is 0 Å². The first kappa shape index (κ1) is 7.92. The van der Waals surface area contributed by atoms with Crippen molar-refractivity contribution in [3.8, 4) is 0 Å². The zero-order chi connectivity index (χ0) is 7.40. The average Bonchev–Trinajstić information content (AvgIpc) is 1.84. The number of hydrogen-bond donors (Lipinski definition) is 2. The summed E-state index contributed by atoms with van der Waals surface area (Å²) in [7, 11) is 0. The fourth-order valence-electron chi connectivity index (χ4n) is 1.01. The number of carbonyl (C=O) groups excluding carboxylic acids is 1. The van der Waals surface area contributed by atoms with Crippen LogP contribution >= 0.6 is 12.6 Å². The standard InChI is InChI=1S/C7H13NOS/c9-7(5-10)8-4-6-2-1-3-6/h6,10H,1-5H2,(H,8,9). The van der Waals surface area contributed by atoms with Gasteiger partial charge in [0.05, 0.1) is 5.75 Å². The smallest absolute Gasteiger partial charge is 0.229 e. The Kier molecular flexibility index (Phi) is 3.06. The number of rotatable bonds is 3. The van der Waals surface area contributed by atoms with Crippen LogP contribution in [0.1, 0.15) is 19.3 Å². The lowest BCUT2D eigenvalue weighted by Gasteiger charge is -2.25. The van der Waals surface area contributed by atoms with Crippen LogP contribution in [0, 0.1) is 5.92 Å². The molecule has 1 aliphatic rings. The molecule has 0 aromatic carbocycles. The average molecular weight is 159 g/mol. The molecule has 58 valence electrons. The summed E-state index contributed by atoms with van der Waals surface area (Å²) in [5.74, 6) is 1.12. The summed E-state index contributed by atoms with van der Waals surface area (Å²) >= 11 is 3.85. The Morgan fingerprint density at radius 3 is 2.70 bits per heavy atom. The zero-order valence-electron chi connectivity index (χ0n) is 5.97. The van der Waals surface area contributed by atoms with E-state index < -0.39 is 0 Å². The fourth-order valence-corrected chi connectivity index (χ4v) is 1.12. The van der Waals surface area contributed by atoms with Crippen molar-refractivity contribution < 1.29 is 4.79 Å². The Bertz CT molecular complexity index is 123. The van der Waals surface area contributed by atoms with Gasteiger partial charge in [0.15, 0.2) is 0 Å². The van der Waals surface area contributed by atoms with Crippen molar-refractivity contribution in [2.45, 2.75) is 19.3 Å². The van der Waals surface area contributed by atoms with E-state index in [1.807, 2.05) is 0 Å². The van der Waals surface area contributed by atoms with Gasteiger partial charge in [0.1, 0.15) is 0 Å². The monoisotopic (exact) mass is 159 g/mol. The van der Waals surface area contributed by atoms with Crippen LogP contribution < -0.4 is 5.32 Å². The van der Waals surface area contributed by atoms with Crippen molar-refractivity contribution in [1.82, 2.24) is 5.32 Å². The van der Waals surface area contributed by atoms with Gasteiger partial charge in [-0.1, -0.05) is 6.42 Å². The summed E-state index contributed by atoms with van der Waals surface area (Å²) in [4.78, 5) is 10.7. The van der Waals surface area contributed by atoms with Crippen molar-refractivity contribution >= 4 is 18.5 Å². The first-order chi connectivity index (χ1) is 4.83. The number of thiol groups is 1. The summed E-state index contributed by atoms with van der Waals surface area (Å²) in [6.07, 6.45) is 3.90. The lowest BCUT2D eigenvalue weighted by atomic mass is 9.85. The van der Waals surface area contributed by atoms with Crippen LogP contribution in [0.2, 0.25) is 0 Å². The molecule has 1 saturated carbocycles. The normalized spacial score (nSPS) is 18.1. The molecule has 1 fully saturated rings. The van der Waals surface area contributed by atoms with Crippen molar-refractivity contribution in [1.29, 1.82) is 0 Å². The third-order valence-electron chi connectivity index (χ3n) is 1.96. The molecule has 1 amide bonds. The summed E-state index contributed by atoms with van der Waals surface area (Å²) in [5.41, 5.74) is 0. The molecule has 2 nitrogen and oxygen atoms in total. The summed E-state index contributed by atoms with van der Waals surface area (Å²) in [6.45, 7) is 0.861. The lowest BCUT2D eigenvalue weighted by Crippen LogP contribution is -2.32. The van der Waals surface area contributed by atoms with Gasteiger partial charge in [-0.2, -0.15) is 12.6 Å². The predicted octanol–water partition coefficient (Wildman–Crippen LogP) is 0.833. The third kappa shape index (κ3) is 2.21. The highest BCUT2D eigenvalue weighted by molar-refractivity contribution is 7.81. The van der Waals surface area contributed by atoms with Gasteiger partial charge in [-0.15, -0.1) is 0 Å². The predicted molar refractivity (Wildman–Crippen MR) is 44.2 cm³/mol.